The molecular formula is C22H29N3O5. The molecule has 1 aromatic rings. The zero-order valence-electron chi connectivity index (χ0n) is 17.9. The van der Waals surface area contributed by atoms with Gasteiger partial charge in [0, 0.05) is 24.1 Å². The normalized spacial score (nSPS) is 19.9. The van der Waals surface area contributed by atoms with E-state index in [0.717, 1.165) is 18.4 Å². The number of nitrogens with one attached hydrogen (secondary N) is 2. The first-order valence-electron chi connectivity index (χ1n) is 10.4. The number of hydrogen-bond donors (Lipinski definition) is 2. The van der Waals surface area contributed by atoms with E-state index in [1.807, 2.05) is 26.0 Å². The van der Waals surface area contributed by atoms with Gasteiger partial charge in [0.05, 0.1) is 0 Å². The number of amides is 4. The van der Waals surface area contributed by atoms with Gasteiger partial charge in [-0.05, 0) is 50.8 Å². The van der Waals surface area contributed by atoms with Crippen LogP contribution in [0.2, 0.25) is 0 Å². The molecule has 8 heteroatoms. The highest BCUT2D eigenvalue weighted by atomic mass is 16.6. The van der Waals surface area contributed by atoms with Crippen LogP contribution in [0.5, 0.6) is 0 Å². The van der Waals surface area contributed by atoms with Crippen LogP contribution >= 0.6 is 0 Å². The summed E-state index contributed by atoms with van der Waals surface area (Å²) in [6.07, 6.45) is 1.28. The van der Waals surface area contributed by atoms with Gasteiger partial charge in [-0.15, -0.1) is 0 Å². The van der Waals surface area contributed by atoms with E-state index in [4.69, 9.17) is 4.74 Å². The zero-order valence-corrected chi connectivity index (χ0v) is 17.9. The molecule has 0 radical (unpaired) electrons. The van der Waals surface area contributed by atoms with Gasteiger partial charge in [-0.3, -0.25) is 19.7 Å². The van der Waals surface area contributed by atoms with Crippen molar-refractivity contribution in [2.75, 3.05) is 0 Å². The molecule has 8 nitrogen and oxygen atoms in total. The first-order valence-corrected chi connectivity index (χ1v) is 10.4. The standard InChI is InChI=1S/C22H29N3O5/c1-5-10-22(3,4)24-21(29)30-13(2)14-6-7-15-12-25(20(28)16(15)11-14)17-8-9-18(26)23-19(17)27/h6-7,11,13,17H,5,8-10,12H2,1-4H3,(H,24,29)(H,23,26,27). The number of benzene rings is 1. The Morgan fingerprint density at radius 1 is 1.33 bits per heavy atom. The molecule has 162 valence electrons. The van der Waals surface area contributed by atoms with Crippen molar-refractivity contribution in [1.29, 1.82) is 0 Å². The van der Waals surface area contributed by atoms with Gasteiger partial charge in [-0.25, -0.2) is 4.79 Å². The van der Waals surface area contributed by atoms with Crippen LogP contribution in [0, 0.1) is 0 Å². The van der Waals surface area contributed by atoms with E-state index in [9.17, 15) is 19.2 Å². The summed E-state index contributed by atoms with van der Waals surface area (Å²) in [5.41, 5.74) is 1.66. The van der Waals surface area contributed by atoms with Gasteiger partial charge in [0.25, 0.3) is 5.91 Å². The number of piperidine rings is 1. The Labute approximate surface area is 176 Å². The summed E-state index contributed by atoms with van der Waals surface area (Å²) in [7, 11) is 0. The third-order valence-corrected chi connectivity index (χ3v) is 5.62. The quantitative estimate of drug-likeness (QED) is 0.695. The van der Waals surface area contributed by atoms with Crippen LogP contribution in [0.15, 0.2) is 18.2 Å². The second kappa shape index (κ2) is 8.45. The maximum absolute atomic E-state index is 12.9. The molecule has 4 amide bonds. The van der Waals surface area contributed by atoms with E-state index in [0.29, 0.717) is 24.1 Å². The summed E-state index contributed by atoms with van der Waals surface area (Å²) in [5, 5.41) is 5.17. The lowest BCUT2D eigenvalue weighted by molar-refractivity contribution is -0.136. The minimum absolute atomic E-state index is 0.218. The maximum atomic E-state index is 12.9. The van der Waals surface area contributed by atoms with Crippen molar-refractivity contribution in [2.24, 2.45) is 0 Å². The number of carbonyl (C=O) groups is 4. The molecule has 3 rings (SSSR count). The fourth-order valence-electron chi connectivity index (χ4n) is 4.05. The second-order valence-electron chi connectivity index (χ2n) is 8.62. The highest BCUT2D eigenvalue weighted by molar-refractivity contribution is 6.05. The van der Waals surface area contributed by atoms with Gasteiger partial charge in [-0.2, -0.15) is 0 Å². The molecule has 2 unspecified atom stereocenters. The van der Waals surface area contributed by atoms with Crippen LogP contribution in [0.1, 0.15) is 81.0 Å². The number of hydrogen-bond acceptors (Lipinski definition) is 5. The van der Waals surface area contributed by atoms with E-state index in [-0.39, 0.29) is 23.8 Å². The third kappa shape index (κ3) is 4.63. The molecule has 0 bridgehead atoms. The highest BCUT2D eigenvalue weighted by Gasteiger charge is 2.39. The molecule has 0 aromatic heterocycles. The number of alkyl carbamates (subject to hydrolysis) is 1. The molecule has 0 spiro atoms. The first kappa shape index (κ1) is 21.8. The van der Waals surface area contributed by atoms with Crippen LogP contribution in [-0.4, -0.2) is 40.3 Å². The number of nitrogens with zero attached hydrogens (tertiary/aromatic N) is 1. The van der Waals surface area contributed by atoms with E-state index in [2.05, 4.69) is 17.6 Å². The van der Waals surface area contributed by atoms with Crippen LogP contribution in [-0.2, 0) is 20.9 Å². The Kier molecular flexibility index (Phi) is 6.14. The number of imide groups is 1. The van der Waals surface area contributed by atoms with E-state index in [1.54, 1.807) is 13.0 Å². The van der Waals surface area contributed by atoms with Crippen molar-refractivity contribution < 1.29 is 23.9 Å². The van der Waals surface area contributed by atoms with Crippen molar-refractivity contribution in [3.8, 4) is 0 Å². The Bertz CT molecular complexity index is 880. The lowest BCUT2D eigenvalue weighted by Gasteiger charge is -2.29. The molecule has 2 heterocycles. The molecule has 2 atom stereocenters. The Morgan fingerprint density at radius 2 is 2.07 bits per heavy atom. The largest absolute Gasteiger partial charge is 0.442 e. The Balaban J connectivity index is 1.68. The third-order valence-electron chi connectivity index (χ3n) is 5.62. The fourth-order valence-corrected chi connectivity index (χ4v) is 4.05. The molecule has 2 aliphatic rings. The zero-order chi connectivity index (χ0) is 22.1. The summed E-state index contributed by atoms with van der Waals surface area (Å²) < 4.78 is 5.51. The van der Waals surface area contributed by atoms with Crippen LogP contribution < -0.4 is 10.6 Å². The topological polar surface area (TPSA) is 105 Å². The first-order chi connectivity index (χ1) is 14.1. The molecule has 0 saturated carbocycles. The van der Waals surface area contributed by atoms with E-state index in [1.165, 1.54) is 4.90 Å². The Hall–Kier alpha value is -2.90. The lowest BCUT2D eigenvalue weighted by Crippen LogP contribution is -2.52. The minimum atomic E-state index is -0.647. The minimum Gasteiger partial charge on any atom is -0.442 e. The summed E-state index contributed by atoms with van der Waals surface area (Å²) in [5.74, 6) is -0.994. The summed E-state index contributed by atoms with van der Waals surface area (Å²) in [4.78, 5) is 50.2. The van der Waals surface area contributed by atoms with Gasteiger partial charge in [0.1, 0.15) is 12.1 Å². The molecule has 1 aromatic carbocycles. The van der Waals surface area contributed by atoms with E-state index >= 15 is 0 Å². The number of carbonyl (C=O) groups excluding carboxylic acids is 4. The summed E-state index contributed by atoms with van der Waals surface area (Å²) in [6, 6.07) is 4.73. The van der Waals surface area contributed by atoms with Crippen molar-refractivity contribution >= 4 is 23.8 Å². The predicted molar refractivity (Wildman–Crippen MR) is 110 cm³/mol. The van der Waals surface area contributed by atoms with Crippen molar-refractivity contribution in [3.63, 3.8) is 0 Å². The molecule has 1 saturated heterocycles. The monoisotopic (exact) mass is 415 g/mol. The van der Waals surface area contributed by atoms with Gasteiger partial charge < -0.3 is 15.0 Å². The van der Waals surface area contributed by atoms with E-state index < -0.39 is 24.1 Å². The molecule has 0 aliphatic carbocycles. The average Bonchev–Trinajstić information content (AvgIpc) is 2.97. The number of fused-ring (bicyclic) bond motifs is 1. The number of ether oxygens (including phenoxy) is 1. The summed E-state index contributed by atoms with van der Waals surface area (Å²) >= 11 is 0. The second-order valence-corrected chi connectivity index (χ2v) is 8.62. The summed E-state index contributed by atoms with van der Waals surface area (Å²) in [6.45, 7) is 8.02. The van der Waals surface area contributed by atoms with Gasteiger partial charge in [0.2, 0.25) is 11.8 Å². The lowest BCUT2D eigenvalue weighted by atomic mass is 9.99. The molecule has 30 heavy (non-hydrogen) atoms. The van der Waals surface area contributed by atoms with Crippen molar-refractivity contribution in [1.82, 2.24) is 15.5 Å². The van der Waals surface area contributed by atoms with Gasteiger partial charge >= 0.3 is 6.09 Å². The van der Waals surface area contributed by atoms with Gasteiger partial charge in [-0.1, -0.05) is 25.5 Å². The van der Waals surface area contributed by atoms with Gasteiger partial charge in [0.15, 0.2) is 0 Å². The smallest absolute Gasteiger partial charge is 0.408 e. The fraction of sp³-hybridized carbons (Fsp3) is 0.545. The highest BCUT2D eigenvalue weighted by Crippen LogP contribution is 2.30. The molecular weight excluding hydrogens is 386 g/mol. The van der Waals surface area contributed by atoms with Crippen molar-refractivity contribution in [2.45, 2.75) is 77.6 Å². The average molecular weight is 415 g/mol. The maximum Gasteiger partial charge on any atom is 0.408 e. The van der Waals surface area contributed by atoms with Crippen LogP contribution in [0.25, 0.3) is 0 Å². The van der Waals surface area contributed by atoms with Crippen LogP contribution in [0.4, 0.5) is 4.79 Å². The number of rotatable bonds is 6. The van der Waals surface area contributed by atoms with Crippen LogP contribution in [0.3, 0.4) is 0 Å². The molecule has 2 aliphatic heterocycles. The van der Waals surface area contributed by atoms with Crippen molar-refractivity contribution in [3.05, 3.63) is 34.9 Å². The SMILES string of the molecule is CCCC(C)(C)NC(=O)OC(C)c1ccc2c(c1)C(=O)N(C1CCC(=O)NC1=O)C2. The Morgan fingerprint density at radius 3 is 2.73 bits per heavy atom. The molecule has 1 fully saturated rings. The predicted octanol–water partition coefficient (Wildman–Crippen LogP) is 2.81. The molecule has 2 N–H and O–H groups in total.